The van der Waals surface area contributed by atoms with Crippen molar-refractivity contribution in [1.82, 2.24) is 14.5 Å². The number of halogens is 1. The Labute approximate surface area is 234 Å². The van der Waals surface area contributed by atoms with E-state index in [0.717, 1.165) is 18.4 Å². The molecule has 1 aromatic heterocycles. The average molecular weight is 572 g/mol. The molecule has 5 rings (SSSR count). The molecular weight excluding hydrogens is 537 g/mol. The van der Waals surface area contributed by atoms with E-state index in [1.165, 1.54) is 4.68 Å². The number of nitrogens with zero attached hydrogens (tertiary/aromatic N) is 4. The fraction of sp³-hybridized carbons (Fsp3) is 0.429. The van der Waals surface area contributed by atoms with Gasteiger partial charge >= 0.3 is 5.56 Å². The van der Waals surface area contributed by atoms with Gasteiger partial charge in [-0.2, -0.15) is 9.78 Å². The number of hydrogen-bond acceptors (Lipinski definition) is 7. The molecular formula is C28H35ClN5O4P. The summed E-state index contributed by atoms with van der Waals surface area (Å²) in [5.74, 6) is 0.279. The van der Waals surface area contributed by atoms with Crippen LogP contribution >= 0.6 is 19.1 Å². The van der Waals surface area contributed by atoms with Crippen molar-refractivity contribution in [3.05, 3.63) is 75.7 Å². The maximum absolute atomic E-state index is 14.0. The molecule has 2 fully saturated rings. The monoisotopic (exact) mass is 571 g/mol. The zero-order chi connectivity index (χ0) is 27.6. The van der Waals surface area contributed by atoms with E-state index in [2.05, 4.69) is 16.9 Å². The van der Waals surface area contributed by atoms with Crippen LogP contribution in [0, 0.1) is 5.41 Å². The highest BCUT2D eigenvalue weighted by molar-refractivity contribution is 7.55. The van der Waals surface area contributed by atoms with Gasteiger partial charge in [0.25, 0.3) is 7.52 Å². The fourth-order valence-electron chi connectivity index (χ4n) is 4.71. The van der Waals surface area contributed by atoms with Crippen LogP contribution in [-0.4, -0.2) is 53.8 Å². The first kappa shape index (κ1) is 27.7. The van der Waals surface area contributed by atoms with Crippen molar-refractivity contribution in [1.29, 1.82) is 0 Å². The van der Waals surface area contributed by atoms with E-state index in [9.17, 15) is 9.36 Å². The molecule has 11 heteroatoms. The van der Waals surface area contributed by atoms with Gasteiger partial charge in [0.2, 0.25) is 5.75 Å². The first-order valence-corrected chi connectivity index (χ1v) is 15.4. The second kappa shape index (κ2) is 11.3. The number of benzene rings is 2. The van der Waals surface area contributed by atoms with Crippen LogP contribution in [0.5, 0.6) is 5.75 Å². The Morgan fingerprint density at radius 1 is 1.10 bits per heavy atom. The van der Waals surface area contributed by atoms with Crippen molar-refractivity contribution in [2.45, 2.75) is 32.9 Å². The zero-order valence-electron chi connectivity index (χ0n) is 22.4. The Hall–Kier alpha value is -2.84. The summed E-state index contributed by atoms with van der Waals surface area (Å²) in [6.45, 7) is 6.97. The largest absolute Gasteiger partial charge is 0.486 e. The lowest BCUT2D eigenvalue weighted by Crippen LogP contribution is -2.46. The van der Waals surface area contributed by atoms with Crippen LogP contribution in [-0.2, 0) is 15.3 Å². The van der Waals surface area contributed by atoms with Crippen LogP contribution in [0.15, 0.2) is 59.5 Å². The second-order valence-corrected chi connectivity index (χ2v) is 13.4. The molecule has 1 aliphatic carbocycles. The summed E-state index contributed by atoms with van der Waals surface area (Å²) in [6.07, 6.45) is 4.15. The third-order valence-corrected chi connectivity index (χ3v) is 10.3. The molecule has 39 heavy (non-hydrogen) atoms. The normalized spacial score (nSPS) is 18.5. The van der Waals surface area contributed by atoms with E-state index in [0.29, 0.717) is 67.6 Å². The molecule has 2 aliphatic rings. The lowest BCUT2D eigenvalue weighted by atomic mass is 10.2. The van der Waals surface area contributed by atoms with E-state index in [-0.39, 0.29) is 16.7 Å². The smallest absolute Gasteiger partial charge is 0.316 e. The first-order valence-electron chi connectivity index (χ1n) is 13.3. The summed E-state index contributed by atoms with van der Waals surface area (Å²) in [5, 5.41) is 4.99. The summed E-state index contributed by atoms with van der Waals surface area (Å²) in [7, 11) is -3.11. The van der Waals surface area contributed by atoms with Gasteiger partial charge < -0.3 is 19.9 Å². The average Bonchev–Trinajstić information content (AvgIpc) is 3.66. The molecule has 1 saturated carbocycles. The van der Waals surface area contributed by atoms with Gasteiger partial charge in [-0.1, -0.05) is 36.7 Å². The van der Waals surface area contributed by atoms with E-state index in [4.69, 9.17) is 26.6 Å². The van der Waals surface area contributed by atoms with Crippen LogP contribution < -0.4 is 20.9 Å². The molecule has 2 heterocycles. The number of nitrogens with two attached hydrogens (primary N) is 1. The number of rotatable bonds is 10. The zero-order valence-corrected chi connectivity index (χ0v) is 24.0. The Morgan fingerprint density at radius 2 is 1.82 bits per heavy atom. The molecule has 3 aromatic rings. The first-order chi connectivity index (χ1) is 18.7. The maximum Gasteiger partial charge on any atom is 0.316 e. The minimum Gasteiger partial charge on any atom is -0.486 e. The topological polar surface area (TPSA) is 103 Å². The maximum atomic E-state index is 14.0. The molecule has 0 bridgehead atoms. The number of piperazine rings is 1. The lowest BCUT2D eigenvalue weighted by molar-refractivity contribution is 0.241. The highest BCUT2D eigenvalue weighted by atomic mass is 35.5. The molecule has 1 unspecified atom stereocenters. The second-order valence-electron chi connectivity index (χ2n) is 10.6. The van der Waals surface area contributed by atoms with Crippen molar-refractivity contribution in [2.24, 2.45) is 5.41 Å². The number of aromatic nitrogens is 2. The summed E-state index contributed by atoms with van der Waals surface area (Å²) >= 11 is 6.17. The third-order valence-electron chi connectivity index (χ3n) is 7.36. The fourth-order valence-corrected chi connectivity index (χ4v) is 7.21. The van der Waals surface area contributed by atoms with Crippen molar-refractivity contribution < 1.29 is 13.8 Å². The highest BCUT2D eigenvalue weighted by Gasteiger charge is 2.39. The Kier molecular flexibility index (Phi) is 8.06. The number of hydrogen-bond donors (Lipinski definition) is 1. The van der Waals surface area contributed by atoms with Gasteiger partial charge in [0, 0.05) is 42.3 Å². The molecule has 1 aliphatic heterocycles. The predicted octanol–water partition coefficient (Wildman–Crippen LogP) is 5.20. The van der Waals surface area contributed by atoms with Gasteiger partial charge in [-0.05, 0) is 55.7 Å². The quantitative estimate of drug-likeness (QED) is 0.262. The Morgan fingerprint density at radius 3 is 2.46 bits per heavy atom. The van der Waals surface area contributed by atoms with Crippen LogP contribution in [0.1, 0.15) is 32.3 Å². The van der Waals surface area contributed by atoms with E-state index in [1.807, 2.05) is 35.9 Å². The predicted molar refractivity (Wildman–Crippen MR) is 155 cm³/mol. The highest BCUT2D eigenvalue weighted by Crippen LogP contribution is 2.54. The Balaban J connectivity index is 1.38. The number of ether oxygens (including phenoxy) is 1. The standard InChI is InChI=1S/C28H35ClN5O4P/c1-3-38-39(36,19-21-7-9-23(30)10-8-21)33-15-13-32(14-16-33)25-18-31-34(24-6-4-5-22(29)17-24)27(35)26(25)37-20-28(2)11-12-28/h4-10,17-18H,3,11-16,19-20,30H2,1-2H3. The van der Waals surface area contributed by atoms with Gasteiger partial charge in [0.05, 0.1) is 31.3 Å². The van der Waals surface area contributed by atoms with Crippen molar-refractivity contribution >= 4 is 30.5 Å². The minimum atomic E-state index is -3.11. The van der Waals surface area contributed by atoms with Gasteiger partial charge in [-0.3, -0.25) is 9.36 Å². The van der Waals surface area contributed by atoms with E-state index >= 15 is 0 Å². The van der Waals surface area contributed by atoms with Gasteiger partial charge in [-0.15, -0.1) is 0 Å². The van der Waals surface area contributed by atoms with Crippen molar-refractivity contribution in [3.63, 3.8) is 0 Å². The van der Waals surface area contributed by atoms with Crippen LogP contribution in [0.25, 0.3) is 5.69 Å². The van der Waals surface area contributed by atoms with Crippen molar-refractivity contribution in [3.8, 4) is 11.4 Å². The van der Waals surface area contributed by atoms with E-state index < -0.39 is 7.52 Å². The summed E-state index contributed by atoms with van der Waals surface area (Å²) in [4.78, 5) is 15.7. The minimum absolute atomic E-state index is 0.0960. The Bertz CT molecular complexity index is 1420. The van der Waals surface area contributed by atoms with Gasteiger partial charge in [0.15, 0.2) is 0 Å². The van der Waals surface area contributed by atoms with Gasteiger partial charge in [0.1, 0.15) is 5.69 Å². The SMILES string of the molecule is CCOP(=O)(Cc1ccc(N)cc1)N1CCN(c2cnn(-c3cccc(Cl)c3)c(=O)c2OCC2(C)CC2)CC1. The van der Waals surface area contributed by atoms with E-state index in [1.54, 1.807) is 30.5 Å². The third kappa shape index (κ3) is 6.33. The number of anilines is 2. The summed E-state index contributed by atoms with van der Waals surface area (Å²) in [6, 6.07) is 14.4. The molecule has 9 nitrogen and oxygen atoms in total. The molecule has 208 valence electrons. The molecule has 0 radical (unpaired) electrons. The van der Waals surface area contributed by atoms with Gasteiger partial charge in [-0.25, -0.2) is 4.67 Å². The molecule has 0 amide bonds. The number of nitrogen functional groups attached to an aromatic ring is 1. The summed E-state index contributed by atoms with van der Waals surface area (Å²) in [5.41, 5.74) is 8.39. The molecule has 1 atom stereocenters. The lowest BCUT2D eigenvalue weighted by Gasteiger charge is -2.39. The molecule has 1 saturated heterocycles. The van der Waals surface area contributed by atoms with Crippen molar-refractivity contribution in [2.75, 3.05) is 50.0 Å². The molecule has 0 spiro atoms. The molecule has 2 N–H and O–H groups in total. The van der Waals surface area contributed by atoms with Crippen LogP contribution in [0.2, 0.25) is 5.02 Å². The van der Waals surface area contributed by atoms with Crippen LogP contribution in [0.4, 0.5) is 11.4 Å². The van der Waals surface area contributed by atoms with Crippen LogP contribution in [0.3, 0.4) is 0 Å². The summed E-state index contributed by atoms with van der Waals surface area (Å²) < 4.78 is 29.3. The molecule has 2 aromatic carbocycles.